The lowest BCUT2D eigenvalue weighted by atomic mass is 9.86. The maximum absolute atomic E-state index is 13.1. The molecule has 34 heavy (non-hydrogen) atoms. The largest absolute Gasteiger partial charge is 0.494 e. The average Bonchev–Trinajstić information content (AvgIpc) is 3.30. The first kappa shape index (κ1) is 24.5. The van der Waals surface area contributed by atoms with E-state index in [0.29, 0.717) is 51.3 Å². The van der Waals surface area contributed by atoms with Gasteiger partial charge in [-0.25, -0.2) is 12.8 Å². The summed E-state index contributed by atoms with van der Waals surface area (Å²) in [5.74, 6) is 1.05. The van der Waals surface area contributed by atoms with Gasteiger partial charge in [-0.1, -0.05) is 13.8 Å². The van der Waals surface area contributed by atoms with E-state index in [1.807, 2.05) is 13.8 Å². The molecule has 0 spiro atoms. The van der Waals surface area contributed by atoms with E-state index in [1.54, 1.807) is 35.2 Å². The Morgan fingerprint density at radius 1 is 1.09 bits per heavy atom. The van der Waals surface area contributed by atoms with Gasteiger partial charge >= 0.3 is 0 Å². The minimum absolute atomic E-state index is 0.0148. The van der Waals surface area contributed by atoms with E-state index in [4.69, 9.17) is 9.47 Å². The number of halogens is 1. The van der Waals surface area contributed by atoms with Crippen molar-refractivity contribution in [2.24, 2.45) is 5.41 Å². The molecular weight excluding hydrogens is 459 g/mol. The van der Waals surface area contributed by atoms with Crippen molar-refractivity contribution in [3.8, 4) is 11.5 Å². The van der Waals surface area contributed by atoms with Crippen LogP contribution in [-0.4, -0.2) is 62.9 Å². The number of benzene rings is 2. The molecule has 1 fully saturated rings. The third-order valence-corrected chi connectivity index (χ3v) is 8.33. The highest BCUT2D eigenvalue weighted by Gasteiger charge is 2.36. The van der Waals surface area contributed by atoms with Gasteiger partial charge in [0.1, 0.15) is 17.3 Å². The molecule has 0 bridgehead atoms. The number of carbonyl (C=O) groups excluding carboxylic acids is 1. The third-order valence-electron chi connectivity index (χ3n) is 6.43. The monoisotopic (exact) mass is 490 g/mol. The minimum atomic E-state index is -3.62. The molecule has 0 N–H and O–H groups in total. The van der Waals surface area contributed by atoms with Gasteiger partial charge in [-0.2, -0.15) is 4.31 Å². The molecule has 9 heteroatoms. The average molecular weight is 491 g/mol. The van der Waals surface area contributed by atoms with Crippen LogP contribution in [0.1, 0.15) is 32.3 Å². The van der Waals surface area contributed by atoms with E-state index in [-0.39, 0.29) is 29.7 Å². The van der Waals surface area contributed by atoms with Gasteiger partial charge < -0.3 is 14.4 Å². The Morgan fingerprint density at radius 2 is 1.79 bits per heavy atom. The van der Waals surface area contributed by atoms with Gasteiger partial charge in [-0.3, -0.25) is 4.79 Å². The molecule has 1 amide bonds. The van der Waals surface area contributed by atoms with Crippen molar-refractivity contribution in [2.45, 2.75) is 38.0 Å². The summed E-state index contributed by atoms with van der Waals surface area (Å²) in [4.78, 5) is 15.2. The van der Waals surface area contributed by atoms with Crippen molar-refractivity contribution in [1.29, 1.82) is 0 Å². The Kier molecular flexibility index (Phi) is 7.14. The van der Waals surface area contributed by atoms with E-state index in [0.717, 1.165) is 11.3 Å². The standard InChI is InChI=1S/C25H31FN2O5S/c1-25(2,11-3-16-32-21-6-4-20(26)5-7-21)24(29)27-12-14-28(15-13-27)34(30,31)22-8-9-23-19(18-22)10-17-33-23/h4-9,18H,3,10-17H2,1-2H3. The maximum Gasteiger partial charge on any atom is 0.243 e. The predicted molar refractivity (Wildman–Crippen MR) is 126 cm³/mol. The number of fused-ring (bicyclic) bond motifs is 1. The fourth-order valence-corrected chi connectivity index (χ4v) is 5.85. The van der Waals surface area contributed by atoms with Crippen LogP contribution in [0.25, 0.3) is 0 Å². The summed E-state index contributed by atoms with van der Waals surface area (Å²) in [6, 6.07) is 10.9. The fraction of sp³-hybridized carbons (Fsp3) is 0.480. The molecule has 2 aromatic carbocycles. The Hall–Kier alpha value is -2.65. The Morgan fingerprint density at radius 3 is 2.50 bits per heavy atom. The van der Waals surface area contributed by atoms with Crippen LogP contribution in [0.2, 0.25) is 0 Å². The maximum atomic E-state index is 13.1. The molecule has 2 aromatic rings. The minimum Gasteiger partial charge on any atom is -0.494 e. The first-order valence-electron chi connectivity index (χ1n) is 11.6. The van der Waals surface area contributed by atoms with Crippen LogP contribution in [-0.2, 0) is 21.2 Å². The second-order valence-electron chi connectivity index (χ2n) is 9.35. The third kappa shape index (κ3) is 5.36. The molecule has 2 aliphatic rings. The molecule has 4 rings (SSSR count). The van der Waals surface area contributed by atoms with Crippen molar-refractivity contribution in [2.75, 3.05) is 39.4 Å². The summed E-state index contributed by atoms with van der Waals surface area (Å²) in [5.41, 5.74) is 0.327. The summed E-state index contributed by atoms with van der Waals surface area (Å²) in [6.45, 7) is 6.08. The number of amides is 1. The van der Waals surface area contributed by atoms with E-state index in [9.17, 15) is 17.6 Å². The number of sulfonamides is 1. The molecule has 0 atom stereocenters. The molecular formula is C25H31FN2O5S. The molecule has 0 saturated carbocycles. The van der Waals surface area contributed by atoms with Gasteiger partial charge in [0, 0.05) is 38.0 Å². The predicted octanol–water partition coefficient (Wildman–Crippen LogP) is 3.48. The van der Waals surface area contributed by atoms with Crippen LogP contribution in [0.15, 0.2) is 47.4 Å². The normalized spacial score (nSPS) is 16.7. The molecule has 2 heterocycles. The highest BCUT2D eigenvalue weighted by atomic mass is 32.2. The molecule has 0 radical (unpaired) electrons. The highest BCUT2D eigenvalue weighted by Crippen LogP contribution is 2.30. The number of hydrogen-bond donors (Lipinski definition) is 0. The van der Waals surface area contributed by atoms with Gasteiger partial charge in [0.25, 0.3) is 0 Å². The summed E-state index contributed by atoms with van der Waals surface area (Å²) in [6.07, 6.45) is 2.01. The van der Waals surface area contributed by atoms with Crippen molar-refractivity contribution in [3.63, 3.8) is 0 Å². The quantitative estimate of drug-likeness (QED) is 0.530. The highest BCUT2D eigenvalue weighted by molar-refractivity contribution is 7.89. The van der Waals surface area contributed by atoms with Crippen molar-refractivity contribution in [3.05, 3.63) is 53.8 Å². The summed E-state index contributed by atoms with van der Waals surface area (Å²) < 4.78 is 51.8. The van der Waals surface area contributed by atoms with Crippen LogP contribution in [0.3, 0.4) is 0 Å². The van der Waals surface area contributed by atoms with Gasteiger partial charge in [0.2, 0.25) is 15.9 Å². The van der Waals surface area contributed by atoms with Crippen molar-refractivity contribution in [1.82, 2.24) is 9.21 Å². The zero-order chi connectivity index (χ0) is 24.3. The van der Waals surface area contributed by atoms with Gasteiger partial charge in [-0.15, -0.1) is 0 Å². The molecule has 1 saturated heterocycles. The zero-order valence-electron chi connectivity index (χ0n) is 19.6. The van der Waals surface area contributed by atoms with Gasteiger partial charge in [-0.05, 0) is 60.9 Å². The fourth-order valence-electron chi connectivity index (χ4n) is 4.37. The molecule has 7 nitrogen and oxygen atoms in total. The van der Waals surface area contributed by atoms with Crippen molar-refractivity contribution >= 4 is 15.9 Å². The van der Waals surface area contributed by atoms with Crippen LogP contribution >= 0.6 is 0 Å². The first-order chi connectivity index (χ1) is 16.2. The molecule has 0 unspecified atom stereocenters. The molecule has 0 aromatic heterocycles. The second-order valence-corrected chi connectivity index (χ2v) is 11.3. The second kappa shape index (κ2) is 9.92. The topological polar surface area (TPSA) is 76.2 Å². The number of piperazine rings is 1. The van der Waals surface area contributed by atoms with E-state index in [2.05, 4.69) is 0 Å². The summed E-state index contributed by atoms with van der Waals surface area (Å²) in [5, 5.41) is 0. The lowest BCUT2D eigenvalue weighted by Gasteiger charge is -2.38. The molecule has 2 aliphatic heterocycles. The van der Waals surface area contributed by atoms with E-state index in [1.165, 1.54) is 16.4 Å². The first-order valence-corrected chi connectivity index (χ1v) is 13.0. The van der Waals surface area contributed by atoms with Gasteiger partial charge in [0.05, 0.1) is 18.1 Å². The summed E-state index contributed by atoms with van der Waals surface area (Å²) >= 11 is 0. The van der Waals surface area contributed by atoms with Crippen molar-refractivity contribution < 1.29 is 27.1 Å². The summed E-state index contributed by atoms with van der Waals surface area (Å²) in [7, 11) is -3.62. The zero-order valence-corrected chi connectivity index (χ0v) is 20.4. The molecule has 0 aliphatic carbocycles. The van der Waals surface area contributed by atoms with Crippen LogP contribution in [0.5, 0.6) is 11.5 Å². The van der Waals surface area contributed by atoms with Crippen LogP contribution < -0.4 is 9.47 Å². The lowest BCUT2D eigenvalue weighted by molar-refractivity contribution is -0.142. The number of rotatable bonds is 8. The van der Waals surface area contributed by atoms with E-state index < -0.39 is 15.4 Å². The Labute approximate surface area is 200 Å². The van der Waals surface area contributed by atoms with Crippen LogP contribution in [0.4, 0.5) is 4.39 Å². The number of hydrogen-bond acceptors (Lipinski definition) is 5. The lowest BCUT2D eigenvalue weighted by Crippen LogP contribution is -2.53. The SMILES string of the molecule is CC(C)(CCCOc1ccc(F)cc1)C(=O)N1CCN(S(=O)(=O)c2ccc3c(c2)CCO3)CC1. The Balaban J connectivity index is 1.27. The van der Waals surface area contributed by atoms with Gasteiger partial charge in [0.15, 0.2) is 0 Å². The van der Waals surface area contributed by atoms with Crippen LogP contribution in [0, 0.1) is 11.2 Å². The number of nitrogens with zero attached hydrogens (tertiary/aromatic N) is 2. The number of carbonyl (C=O) groups is 1. The smallest absolute Gasteiger partial charge is 0.243 e. The number of ether oxygens (including phenoxy) is 2. The molecule has 184 valence electrons. The van der Waals surface area contributed by atoms with E-state index >= 15 is 0 Å². The Bertz CT molecular complexity index is 1130.